The number of aliphatic carboxylic acids is 1. The van der Waals surface area contributed by atoms with Gasteiger partial charge in [-0.1, -0.05) is 41.4 Å². The molecule has 0 spiro atoms. The fourth-order valence-corrected chi connectivity index (χ4v) is 3.44. The zero-order chi connectivity index (χ0) is 25.3. The van der Waals surface area contributed by atoms with Crippen molar-refractivity contribution in [1.82, 2.24) is 10.2 Å². The van der Waals surface area contributed by atoms with Gasteiger partial charge >= 0.3 is 12.1 Å². The van der Waals surface area contributed by atoms with E-state index in [0.717, 1.165) is 38.0 Å². The minimum absolute atomic E-state index is 0.0990. The summed E-state index contributed by atoms with van der Waals surface area (Å²) < 4.78 is 31.7. The van der Waals surface area contributed by atoms with Crippen molar-refractivity contribution in [3.05, 3.63) is 69.7 Å². The highest BCUT2D eigenvalue weighted by Gasteiger charge is 2.38. The van der Waals surface area contributed by atoms with Gasteiger partial charge in [-0.15, -0.1) is 0 Å². The van der Waals surface area contributed by atoms with Crippen LogP contribution in [0.25, 0.3) is 6.08 Å². The first kappa shape index (κ1) is 27.5. The molecule has 0 radical (unpaired) electrons. The van der Waals surface area contributed by atoms with Crippen LogP contribution in [-0.2, 0) is 16.1 Å². The minimum Gasteiger partial charge on any atom is -0.508 e. The van der Waals surface area contributed by atoms with E-state index < -0.39 is 12.1 Å². The van der Waals surface area contributed by atoms with Crippen LogP contribution in [0.1, 0.15) is 24.0 Å². The van der Waals surface area contributed by atoms with Crippen LogP contribution in [0.2, 0.25) is 10.0 Å². The Labute approximate surface area is 204 Å². The zero-order valence-corrected chi connectivity index (χ0v) is 19.4. The monoisotopic (exact) mass is 518 g/mol. The number of piperidine rings is 1. The molecule has 34 heavy (non-hydrogen) atoms. The molecule has 0 bridgehead atoms. The molecule has 1 aliphatic heterocycles. The smallest absolute Gasteiger partial charge is 0.490 e. The molecule has 1 saturated heterocycles. The molecular formula is C23H23Cl2F3N2O4. The first-order chi connectivity index (χ1) is 15.9. The summed E-state index contributed by atoms with van der Waals surface area (Å²) in [6.45, 7) is 2.73. The summed E-state index contributed by atoms with van der Waals surface area (Å²) in [7, 11) is 0. The number of likely N-dealkylation sites (tertiary alicyclic amines) is 1. The predicted molar refractivity (Wildman–Crippen MR) is 124 cm³/mol. The Morgan fingerprint density at radius 3 is 2.18 bits per heavy atom. The lowest BCUT2D eigenvalue weighted by Gasteiger charge is -2.32. The van der Waals surface area contributed by atoms with E-state index in [1.807, 2.05) is 18.2 Å². The van der Waals surface area contributed by atoms with Gasteiger partial charge in [0, 0.05) is 31.8 Å². The van der Waals surface area contributed by atoms with Crippen molar-refractivity contribution >= 4 is 41.2 Å². The molecule has 0 saturated carbocycles. The van der Waals surface area contributed by atoms with Gasteiger partial charge in [0.25, 0.3) is 0 Å². The number of nitrogens with one attached hydrogen (secondary N) is 1. The van der Waals surface area contributed by atoms with Crippen molar-refractivity contribution in [2.45, 2.75) is 31.6 Å². The number of alkyl halides is 3. The van der Waals surface area contributed by atoms with Crippen LogP contribution >= 0.6 is 23.2 Å². The number of carbonyl (C=O) groups is 2. The molecule has 0 unspecified atom stereocenters. The van der Waals surface area contributed by atoms with Gasteiger partial charge in [-0.05, 0) is 54.3 Å². The van der Waals surface area contributed by atoms with Gasteiger partial charge in [-0.2, -0.15) is 13.2 Å². The van der Waals surface area contributed by atoms with Gasteiger partial charge < -0.3 is 15.5 Å². The number of amides is 1. The second-order valence-electron chi connectivity index (χ2n) is 7.54. The normalized spacial score (nSPS) is 15.0. The van der Waals surface area contributed by atoms with E-state index in [9.17, 15) is 23.1 Å². The molecule has 2 aromatic rings. The Balaban J connectivity index is 0.000000509. The number of aromatic hydroxyl groups is 1. The first-order valence-corrected chi connectivity index (χ1v) is 10.9. The Morgan fingerprint density at radius 1 is 1.06 bits per heavy atom. The fourth-order valence-electron chi connectivity index (χ4n) is 3.13. The molecule has 2 aromatic carbocycles. The third kappa shape index (κ3) is 9.62. The van der Waals surface area contributed by atoms with Gasteiger partial charge in [-0.3, -0.25) is 9.69 Å². The Bertz CT molecular complexity index is 1010. The number of nitrogens with zero attached hydrogens (tertiary/aromatic N) is 1. The second kappa shape index (κ2) is 12.6. The third-order valence-corrected chi connectivity index (χ3v) is 5.63. The summed E-state index contributed by atoms with van der Waals surface area (Å²) in [6, 6.07) is 12.8. The van der Waals surface area contributed by atoms with Crippen molar-refractivity contribution in [3.8, 4) is 5.75 Å². The molecule has 0 atom stereocenters. The molecule has 1 heterocycles. The molecule has 11 heteroatoms. The van der Waals surface area contributed by atoms with Crippen LogP contribution in [0, 0.1) is 0 Å². The highest BCUT2D eigenvalue weighted by molar-refractivity contribution is 6.42. The van der Waals surface area contributed by atoms with E-state index in [0.29, 0.717) is 10.0 Å². The van der Waals surface area contributed by atoms with Gasteiger partial charge in [0.15, 0.2) is 0 Å². The lowest BCUT2D eigenvalue weighted by molar-refractivity contribution is -0.192. The van der Waals surface area contributed by atoms with Crippen LogP contribution in [0.3, 0.4) is 0 Å². The highest BCUT2D eigenvalue weighted by atomic mass is 35.5. The number of carbonyl (C=O) groups excluding carboxylic acids is 1. The standard InChI is InChI=1S/C21H22Cl2N2O2.C2HF3O2/c22-19-7-3-15(13-20(19)23)4-8-21(27)24-17-9-11-25(12-10-17)14-16-1-5-18(26)6-2-16;3-2(4,5)1(6)7/h1-8,13,17,26H,9-12,14H2,(H,24,27);(H,6,7)/b8-4+;. The van der Waals surface area contributed by atoms with Crippen molar-refractivity contribution in [2.24, 2.45) is 0 Å². The third-order valence-electron chi connectivity index (χ3n) is 4.89. The number of carboxylic acids is 1. The van der Waals surface area contributed by atoms with E-state index in [4.69, 9.17) is 33.1 Å². The number of phenols is 1. The number of benzene rings is 2. The van der Waals surface area contributed by atoms with Crippen LogP contribution in [-0.4, -0.2) is 52.3 Å². The number of carboxylic acid groups (broad SMARTS) is 1. The quantitative estimate of drug-likeness (QED) is 0.477. The maximum atomic E-state index is 12.1. The summed E-state index contributed by atoms with van der Waals surface area (Å²) in [4.78, 5) is 23.4. The number of hydrogen-bond acceptors (Lipinski definition) is 4. The predicted octanol–water partition coefficient (Wildman–Crippen LogP) is 5.13. The average Bonchev–Trinajstić information content (AvgIpc) is 2.77. The van der Waals surface area contributed by atoms with E-state index >= 15 is 0 Å². The van der Waals surface area contributed by atoms with Crippen molar-refractivity contribution in [3.63, 3.8) is 0 Å². The van der Waals surface area contributed by atoms with Crippen molar-refractivity contribution < 1.29 is 33.0 Å². The van der Waals surface area contributed by atoms with Crippen LogP contribution in [0.5, 0.6) is 5.75 Å². The summed E-state index contributed by atoms with van der Waals surface area (Å²) in [5.41, 5.74) is 2.02. The van der Waals surface area contributed by atoms with Crippen molar-refractivity contribution in [1.29, 1.82) is 0 Å². The van der Waals surface area contributed by atoms with E-state index in [1.165, 1.54) is 11.6 Å². The minimum atomic E-state index is -5.08. The molecule has 1 amide bonds. The topological polar surface area (TPSA) is 89.9 Å². The SMILES string of the molecule is O=C(/C=C/c1ccc(Cl)c(Cl)c1)NC1CCN(Cc2ccc(O)cc2)CC1.O=C(O)C(F)(F)F. The highest BCUT2D eigenvalue weighted by Crippen LogP contribution is 2.23. The molecule has 184 valence electrons. The van der Waals surface area contributed by atoms with Crippen LogP contribution in [0.15, 0.2) is 48.5 Å². The maximum absolute atomic E-state index is 12.1. The average molecular weight is 519 g/mol. The molecular weight excluding hydrogens is 496 g/mol. The summed E-state index contributed by atoms with van der Waals surface area (Å²) in [5, 5.41) is 20.5. The zero-order valence-electron chi connectivity index (χ0n) is 17.9. The van der Waals surface area contributed by atoms with E-state index in [2.05, 4.69) is 10.2 Å². The Kier molecular flexibility index (Phi) is 10.2. The first-order valence-electron chi connectivity index (χ1n) is 10.2. The fraction of sp³-hybridized carbons (Fsp3) is 0.304. The molecule has 0 aromatic heterocycles. The number of phenolic OH excluding ortho intramolecular Hbond substituents is 1. The van der Waals surface area contributed by atoms with Gasteiger partial charge in [0.1, 0.15) is 5.75 Å². The van der Waals surface area contributed by atoms with E-state index in [1.54, 1.807) is 30.3 Å². The van der Waals surface area contributed by atoms with Gasteiger partial charge in [-0.25, -0.2) is 4.79 Å². The van der Waals surface area contributed by atoms with E-state index in [-0.39, 0.29) is 17.7 Å². The summed E-state index contributed by atoms with van der Waals surface area (Å²) in [5.74, 6) is -2.57. The van der Waals surface area contributed by atoms with Crippen LogP contribution < -0.4 is 5.32 Å². The lowest BCUT2D eigenvalue weighted by atomic mass is 10.0. The molecule has 1 aliphatic rings. The molecule has 0 aliphatic carbocycles. The van der Waals surface area contributed by atoms with Gasteiger partial charge in [0.05, 0.1) is 10.0 Å². The Hall–Kier alpha value is -2.75. The molecule has 1 fully saturated rings. The maximum Gasteiger partial charge on any atom is 0.490 e. The number of hydrogen-bond donors (Lipinski definition) is 3. The van der Waals surface area contributed by atoms with Crippen LogP contribution in [0.4, 0.5) is 13.2 Å². The molecule has 3 rings (SSSR count). The number of halogens is 5. The lowest BCUT2D eigenvalue weighted by Crippen LogP contribution is -2.43. The summed E-state index contributed by atoms with van der Waals surface area (Å²) in [6.07, 6.45) is 0.0226. The molecule has 6 nitrogen and oxygen atoms in total. The Morgan fingerprint density at radius 2 is 1.65 bits per heavy atom. The molecule has 3 N–H and O–H groups in total. The summed E-state index contributed by atoms with van der Waals surface area (Å²) >= 11 is 11.9. The number of rotatable bonds is 5. The second-order valence-corrected chi connectivity index (χ2v) is 8.35. The van der Waals surface area contributed by atoms with Crippen molar-refractivity contribution in [2.75, 3.05) is 13.1 Å². The largest absolute Gasteiger partial charge is 0.508 e. The van der Waals surface area contributed by atoms with Gasteiger partial charge in [0.2, 0.25) is 5.91 Å².